The summed E-state index contributed by atoms with van der Waals surface area (Å²) in [6, 6.07) is 7.35. The maximum atomic E-state index is 11.6. The maximum absolute atomic E-state index is 11.6. The molecule has 0 saturated carbocycles. The van der Waals surface area contributed by atoms with Gasteiger partial charge in [-0.3, -0.25) is 4.79 Å². The average Bonchev–Trinajstić information content (AvgIpc) is 2.94. The van der Waals surface area contributed by atoms with Gasteiger partial charge in [0.25, 0.3) is 0 Å². The van der Waals surface area contributed by atoms with Crippen LogP contribution >= 0.6 is 24.8 Å². The number of halogens is 2. The highest BCUT2D eigenvalue weighted by atomic mass is 35.5. The van der Waals surface area contributed by atoms with Crippen LogP contribution in [-0.2, 0) is 11.3 Å². The first-order valence-electron chi connectivity index (χ1n) is 6.47. The number of rotatable bonds is 7. The first kappa shape index (κ1) is 20.2. The fraction of sp³-hybridized carbons (Fsp3) is 0.286. The summed E-state index contributed by atoms with van der Waals surface area (Å²) in [5.41, 5.74) is 6.02. The first-order valence-corrected chi connectivity index (χ1v) is 6.47. The smallest absolute Gasteiger partial charge is 0.225 e. The summed E-state index contributed by atoms with van der Waals surface area (Å²) in [5, 5.41) is 2.79. The van der Waals surface area contributed by atoms with Gasteiger partial charge in [0.2, 0.25) is 5.91 Å². The third kappa shape index (κ3) is 6.34. The van der Waals surface area contributed by atoms with Crippen LogP contribution in [0.3, 0.4) is 0 Å². The Morgan fingerprint density at radius 1 is 1.32 bits per heavy atom. The number of carbonyl (C=O) groups is 1. The van der Waals surface area contributed by atoms with Crippen LogP contribution in [0.25, 0.3) is 0 Å². The summed E-state index contributed by atoms with van der Waals surface area (Å²) in [5.74, 6) is 0.538. The van der Waals surface area contributed by atoms with Crippen molar-refractivity contribution in [2.45, 2.75) is 13.0 Å². The van der Waals surface area contributed by atoms with Gasteiger partial charge in [0.15, 0.2) is 0 Å². The van der Waals surface area contributed by atoms with Crippen molar-refractivity contribution in [2.24, 2.45) is 5.73 Å². The van der Waals surface area contributed by atoms with E-state index in [4.69, 9.17) is 10.5 Å². The number of anilines is 1. The molecule has 0 saturated heterocycles. The second-order valence-corrected chi connectivity index (χ2v) is 4.23. The number of aromatic nitrogens is 2. The zero-order valence-corrected chi connectivity index (χ0v) is 13.6. The van der Waals surface area contributed by atoms with Crippen molar-refractivity contribution < 1.29 is 9.53 Å². The van der Waals surface area contributed by atoms with Crippen molar-refractivity contribution in [3.05, 3.63) is 43.0 Å². The molecule has 22 heavy (non-hydrogen) atoms. The summed E-state index contributed by atoms with van der Waals surface area (Å²) in [6.07, 6.45) is 5.63. The zero-order valence-electron chi connectivity index (χ0n) is 12.0. The molecule has 0 aliphatic carbocycles. The van der Waals surface area contributed by atoms with Gasteiger partial charge in [0.1, 0.15) is 12.4 Å². The van der Waals surface area contributed by atoms with E-state index in [2.05, 4.69) is 10.3 Å². The average molecular weight is 347 g/mol. The fourth-order valence-corrected chi connectivity index (χ4v) is 1.72. The molecule has 0 atom stereocenters. The van der Waals surface area contributed by atoms with Crippen LogP contribution in [0, 0.1) is 0 Å². The first-order chi connectivity index (χ1) is 9.79. The van der Waals surface area contributed by atoms with Crippen LogP contribution in [0.2, 0.25) is 0 Å². The summed E-state index contributed by atoms with van der Waals surface area (Å²) in [4.78, 5) is 15.5. The Morgan fingerprint density at radius 3 is 2.77 bits per heavy atom. The maximum Gasteiger partial charge on any atom is 0.225 e. The Morgan fingerprint density at radius 2 is 2.09 bits per heavy atom. The molecule has 1 amide bonds. The topological polar surface area (TPSA) is 82.2 Å². The quantitative estimate of drug-likeness (QED) is 0.804. The van der Waals surface area contributed by atoms with Crippen molar-refractivity contribution in [3.63, 3.8) is 0 Å². The number of nitrogens with one attached hydrogen (secondary N) is 1. The summed E-state index contributed by atoms with van der Waals surface area (Å²) in [6.45, 7) is 1.53. The van der Waals surface area contributed by atoms with Gasteiger partial charge in [-0.2, -0.15) is 0 Å². The number of imidazole rings is 1. The molecule has 1 heterocycles. The normalized spacial score (nSPS) is 9.32. The Labute approximate surface area is 141 Å². The van der Waals surface area contributed by atoms with E-state index in [1.165, 1.54) is 0 Å². The minimum Gasteiger partial charge on any atom is -0.490 e. The summed E-state index contributed by atoms with van der Waals surface area (Å²) in [7, 11) is 0. The number of hydrogen-bond donors (Lipinski definition) is 2. The van der Waals surface area contributed by atoms with E-state index >= 15 is 0 Å². The molecule has 0 bridgehead atoms. The second-order valence-electron chi connectivity index (χ2n) is 4.23. The highest BCUT2D eigenvalue weighted by Crippen LogP contribution is 2.23. The largest absolute Gasteiger partial charge is 0.490 e. The number of carbonyl (C=O) groups excluding carboxylic acids is 1. The van der Waals surface area contributed by atoms with E-state index in [1.807, 2.05) is 29.0 Å². The van der Waals surface area contributed by atoms with E-state index in [9.17, 15) is 4.79 Å². The highest BCUT2D eigenvalue weighted by Gasteiger charge is 2.06. The minimum absolute atomic E-state index is 0. The van der Waals surface area contributed by atoms with Crippen LogP contribution in [0.4, 0.5) is 5.69 Å². The minimum atomic E-state index is -0.113. The van der Waals surface area contributed by atoms with Crippen LogP contribution in [0.15, 0.2) is 43.0 Å². The van der Waals surface area contributed by atoms with Crippen LogP contribution in [0.1, 0.15) is 6.42 Å². The SMILES string of the molecule is Cl.Cl.NCCC(=O)Nc1ccccc1OCCn1ccnc1. The van der Waals surface area contributed by atoms with E-state index in [0.29, 0.717) is 37.6 Å². The van der Waals surface area contributed by atoms with E-state index in [-0.39, 0.29) is 30.7 Å². The molecule has 2 aromatic rings. The molecule has 8 heteroatoms. The van der Waals surface area contributed by atoms with Crippen molar-refractivity contribution in [1.29, 1.82) is 0 Å². The highest BCUT2D eigenvalue weighted by molar-refractivity contribution is 5.92. The number of amides is 1. The van der Waals surface area contributed by atoms with Gasteiger partial charge in [0, 0.05) is 25.4 Å². The molecule has 0 fully saturated rings. The third-order valence-electron chi connectivity index (χ3n) is 2.70. The molecule has 0 aliphatic heterocycles. The molecule has 3 N–H and O–H groups in total. The lowest BCUT2D eigenvalue weighted by Crippen LogP contribution is -2.17. The molecule has 6 nitrogen and oxygen atoms in total. The molecule has 122 valence electrons. The van der Waals surface area contributed by atoms with Gasteiger partial charge in [-0.15, -0.1) is 24.8 Å². The Kier molecular flexibility index (Phi) is 10.0. The van der Waals surface area contributed by atoms with Crippen LogP contribution in [-0.4, -0.2) is 28.6 Å². The standard InChI is InChI=1S/C14H18N4O2.2ClH/c15-6-5-14(19)17-12-3-1-2-4-13(12)20-10-9-18-8-7-16-11-18;;/h1-4,7-8,11H,5-6,9-10,15H2,(H,17,19);2*1H. The van der Waals surface area contributed by atoms with Gasteiger partial charge in [0.05, 0.1) is 18.6 Å². The molecule has 0 aliphatic rings. The van der Waals surface area contributed by atoms with Crippen LogP contribution in [0.5, 0.6) is 5.75 Å². The van der Waals surface area contributed by atoms with Crippen molar-refractivity contribution in [3.8, 4) is 5.75 Å². The summed E-state index contributed by atoms with van der Waals surface area (Å²) < 4.78 is 7.62. The Bertz CT molecular complexity index is 550. The van der Waals surface area contributed by atoms with Crippen molar-refractivity contribution in [2.75, 3.05) is 18.5 Å². The molecule has 1 aromatic carbocycles. The van der Waals surface area contributed by atoms with Gasteiger partial charge in [-0.25, -0.2) is 4.98 Å². The lowest BCUT2D eigenvalue weighted by atomic mass is 10.3. The monoisotopic (exact) mass is 346 g/mol. The predicted octanol–water partition coefficient (Wildman–Crippen LogP) is 2.09. The molecule has 2 rings (SSSR count). The second kappa shape index (κ2) is 10.9. The number of ether oxygens (including phenoxy) is 1. The third-order valence-corrected chi connectivity index (χ3v) is 2.70. The molecule has 1 aromatic heterocycles. The number of nitrogens with two attached hydrogens (primary N) is 1. The number of nitrogens with zero attached hydrogens (tertiary/aromatic N) is 2. The molecular formula is C14H20Cl2N4O2. The lowest BCUT2D eigenvalue weighted by molar-refractivity contribution is -0.116. The van der Waals surface area contributed by atoms with Gasteiger partial charge >= 0.3 is 0 Å². The molecule has 0 unspecified atom stereocenters. The van der Waals surface area contributed by atoms with E-state index < -0.39 is 0 Å². The molecule has 0 spiro atoms. The number of hydrogen-bond acceptors (Lipinski definition) is 4. The van der Waals surface area contributed by atoms with E-state index in [1.54, 1.807) is 18.6 Å². The fourth-order valence-electron chi connectivity index (χ4n) is 1.72. The van der Waals surface area contributed by atoms with E-state index in [0.717, 1.165) is 0 Å². The predicted molar refractivity (Wildman–Crippen MR) is 91.0 cm³/mol. The van der Waals surface area contributed by atoms with Gasteiger partial charge in [-0.05, 0) is 12.1 Å². The Hall–Kier alpha value is -1.76. The number of benzene rings is 1. The summed E-state index contributed by atoms with van der Waals surface area (Å²) >= 11 is 0. The molecular weight excluding hydrogens is 327 g/mol. The van der Waals surface area contributed by atoms with Crippen molar-refractivity contribution in [1.82, 2.24) is 9.55 Å². The van der Waals surface area contributed by atoms with Crippen LogP contribution < -0.4 is 15.8 Å². The Balaban J connectivity index is 0.00000220. The van der Waals surface area contributed by atoms with Gasteiger partial charge in [-0.1, -0.05) is 12.1 Å². The zero-order chi connectivity index (χ0) is 14.2. The molecule has 0 radical (unpaired) electrons. The van der Waals surface area contributed by atoms with Crippen molar-refractivity contribution >= 4 is 36.4 Å². The number of para-hydroxylation sites is 2. The lowest BCUT2D eigenvalue weighted by Gasteiger charge is -2.12. The van der Waals surface area contributed by atoms with Gasteiger partial charge < -0.3 is 20.4 Å².